The highest BCUT2D eigenvalue weighted by molar-refractivity contribution is 5.75. The topological polar surface area (TPSA) is 81.7 Å². The van der Waals surface area contributed by atoms with E-state index in [2.05, 4.69) is 10.1 Å². The first-order chi connectivity index (χ1) is 8.77. The summed E-state index contributed by atoms with van der Waals surface area (Å²) in [5, 5.41) is 2.67. The zero-order valence-corrected chi connectivity index (χ0v) is 12.2. The van der Waals surface area contributed by atoms with Crippen LogP contribution in [0.3, 0.4) is 0 Å². The van der Waals surface area contributed by atoms with Crippen LogP contribution in [0, 0.1) is 5.92 Å². The van der Waals surface area contributed by atoms with Gasteiger partial charge in [-0.25, -0.2) is 0 Å². The van der Waals surface area contributed by atoms with Crippen LogP contribution in [0.4, 0.5) is 0 Å². The minimum Gasteiger partial charge on any atom is -0.469 e. The van der Waals surface area contributed by atoms with Gasteiger partial charge in [0.25, 0.3) is 0 Å². The number of carbonyl (C=O) groups excluding carboxylic acids is 3. The molecule has 2 atom stereocenters. The molecule has 6 nitrogen and oxygen atoms in total. The third-order valence-corrected chi connectivity index (χ3v) is 3.05. The molecule has 1 amide bonds. The van der Waals surface area contributed by atoms with Crippen molar-refractivity contribution in [3.8, 4) is 0 Å². The van der Waals surface area contributed by atoms with E-state index >= 15 is 0 Å². The van der Waals surface area contributed by atoms with E-state index in [1.165, 1.54) is 21.0 Å². The van der Waals surface area contributed by atoms with Gasteiger partial charge in [-0.2, -0.15) is 0 Å². The van der Waals surface area contributed by atoms with Gasteiger partial charge >= 0.3 is 11.9 Å². The Labute approximate surface area is 113 Å². The molecule has 0 aromatic rings. The predicted octanol–water partition coefficient (Wildman–Crippen LogP) is 1.38. The van der Waals surface area contributed by atoms with Gasteiger partial charge in [0.2, 0.25) is 5.91 Å². The number of ether oxygens (including phenoxy) is 2. The Bertz CT molecular complexity index is 324. The molecule has 0 radical (unpaired) electrons. The van der Waals surface area contributed by atoms with Crippen LogP contribution in [0.1, 0.15) is 47.0 Å². The van der Waals surface area contributed by atoms with Crippen LogP contribution in [-0.2, 0) is 23.9 Å². The minimum atomic E-state index is -1.17. The number of hydrogen-bond acceptors (Lipinski definition) is 5. The van der Waals surface area contributed by atoms with E-state index in [1.54, 1.807) is 0 Å². The van der Waals surface area contributed by atoms with Gasteiger partial charge in [-0.3, -0.25) is 14.4 Å². The summed E-state index contributed by atoms with van der Waals surface area (Å²) in [5.41, 5.74) is -1.17. The van der Waals surface area contributed by atoms with Gasteiger partial charge in [-0.05, 0) is 6.42 Å². The molecule has 0 aliphatic heterocycles. The molecule has 0 saturated heterocycles. The summed E-state index contributed by atoms with van der Waals surface area (Å²) in [6.07, 6.45) is 0.941. The number of amides is 1. The van der Waals surface area contributed by atoms with Crippen molar-refractivity contribution in [2.45, 2.75) is 52.7 Å². The second kappa shape index (κ2) is 7.76. The smallest absolute Gasteiger partial charge is 0.305 e. The Morgan fingerprint density at radius 2 is 1.84 bits per heavy atom. The van der Waals surface area contributed by atoms with Crippen molar-refractivity contribution in [3.63, 3.8) is 0 Å². The molecule has 0 fully saturated rings. The van der Waals surface area contributed by atoms with Crippen molar-refractivity contribution in [3.05, 3.63) is 0 Å². The zero-order valence-electron chi connectivity index (χ0n) is 12.2. The molecule has 0 aliphatic rings. The van der Waals surface area contributed by atoms with E-state index in [-0.39, 0.29) is 24.7 Å². The lowest BCUT2D eigenvalue weighted by atomic mass is 9.90. The van der Waals surface area contributed by atoms with Crippen LogP contribution in [0.25, 0.3) is 0 Å². The molecule has 0 heterocycles. The third-order valence-electron chi connectivity index (χ3n) is 3.05. The molecule has 0 unspecified atom stereocenters. The van der Waals surface area contributed by atoms with Crippen LogP contribution >= 0.6 is 0 Å². The van der Waals surface area contributed by atoms with Crippen LogP contribution in [-0.4, -0.2) is 30.7 Å². The summed E-state index contributed by atoms with van der Waals surface area (Å²) in [6.45, 7) is 6.40. The van der Waals surface area contributed by atoms with Crippen molar-refractivity contribution < 1.29 is 23.9 Å². The third kappa shape index (κ3) is 5.72. The maximum absolute atomic E-state index is 11.4. The van der Waals surface area contributed by atoms with E-state index in [9.17, 15) is 14.4 Å². The van der Waals surface area contributed by atoms with Crippen molar-refractivity contribution in [2.75, 3.05) is 7.11 Å². The van der Waals surface area contributed by atoms with Gasteiger partial charge < -0.3 is 14.8 Å². The number of hydrogen-bond donors (Lipinski definition) is 1. The van der Waals surface area contributed by atoms with Crippen LogP contribution in [0.2, 0.25) is 0 Å². The molecule has 19 heavy (non-hydrogen) atoms. The SMILES string of the molecule is CC[C@@H](C)[C@](CCC(=O)OC)(NC(C)=O)OC(C)=O. The second-order valence-corrected chi connectivity index (χ2v) is 4.55. The number of esters is 2. The summed E-state index contributed by atoms with van der Waals surface area (Å²) < 4.78 is 9.89. The average molecular weight is 273 g/mol. The molecule has 0 aliphatic carbocycles. The highest BCUT2D eigenvalue weighted by Crippen LogP contribution is 2.28. The molecule has 1 N–H and O–H groups in total. The van der Waals surface area contributed by atoms with Gasteiger partial charge in [0, 0.05) is 26.2 Å². The highest BCUT2D eigenvalue weighted by Gasteiger charge is 2.39. The van der Waals surface area contributed by atoms with Crippen molar-refractivity contribution in [2.24, 2.45) is 5.92 Å². The van der Waals surface area contributed by atoms with Crippen LogP contribution in [0.15, 0.2) is 0 Å². The maximum Gasteiger partial charge on any atom is 0.305 e. The lowest BCUT2D eigenvalue weighted by Crippen LogP contribution is -2.55. The molecule has 110 valence electrons. The molecular weight excluding hydrogens is 250 g/mol. The monoisotopic (exact) mass is 273 g/mol. The fraction of sp³-hybridized carbons (Fsp3) is 0.769. The number of carbonyl (C=O) groups is 3. The molecule has 0 spiro atoms. The van der Waals surface area contributed by atoms with Gasteiger partial charge in [0.1, 0.15) is 0 Å². The van der Waals surface area contributed by atoms with Crippen molar-refractivity contribution in [1.82, 2.24) is 5.32 Å². The largest absolute Gasteiger partial charge is 0.469 e. The Morgan fingerprint density at radius 1 is 1.26 bits per heavy atom. The highest BCUT2D eigenvalue weighted by atomic mass is 16.6. The maximum atomic E-state index is 11.4. The van der Waals surface area contributed by atoms with Crippen molar-refractivity contribution >= 4 is 17.8 Å². The lowest BCUT2D eigenvalue weighted by Gasteiger charge is -2.38. The van der Waals surface area contributed by atoms with E-state index < -0.39 is 17.7 Å². The molecule has 0 bridgehead atoms. The first-order valence-corrected chi connectivity index (χ1v) is 6.32. The molecule has 0 aromatic carbocycles. The number of rotatable bonds is 7. The van der Waals surface area contributed by atoms with E-state index in [1.807, 2.05) is 13.8 Å². The van der Waals surface area contributed by atoms with Gasteiger partial charge in [-0.15, -0.1) is 0 Å². The van der Waals surface area contributed by atoms with E-state index in [0.717, 1.165) is 0 Å². The van der Waals surface area contributed by atoms with Gasteiger partial charge in [-0.1, -0.05) is 13.8 Å². The summed E-state index contributed by atoms with van der Waals surface area (Å²) in [7, 11) is 1.29. The fourth-order valence-corrected chi connectivity index (χ4v) is 1.88. The zero-order chi connectivity index (χ0) is 15.1. The summed E-state index contributed by atoms with van der Waals surface area (Å²) >= 11 is 0. The quantitative estimate of drug-likeness (QED) is 0.560. The Kier molecular flexibility index (Phi) is 7.11. The van der Waals surface area contributed by atoms with Crippen molar-refractivity contribution in [1.29, 1.82) is 0 Å². The van der Waals surface area contributed by atoms with E-state index in [0.29, 0.717) is 6.42 Å². The molecule has 0 aromatic heterocycles. The van der Waals surface area contributed by atoms with E-state index in [4.69, 9.17) is 4.74 Å². The van der Waals surface area contributed by atoms with Gasteiger partial charge in [0.05, 0.1) is 13.5 Å². The van der Waals surface area contributed by atoms with Gasteiger partial charge in [0.15, 0.2) is 5.72 Å². The molecule has 0 saturated carbocycles. The second-order valence-electron chi connectivity index (χ2n) is 4.55. The summed E-state index contributed by atoms with van der Waals surface area (Å²) in [4.78, 5) is 33.9. The predicted molar refractivity (Wildman–Crippen MR) is 69.0 cm³/mol. The Morgan fingerprint density at radius 3 is 2.21 bits per heavy atom. The molecule has 6 heteroatoms. The normalized spacial score (nSPS) is 15.0. The first-order valence-electron chi connectivity index (χ1n) is 6.32. The standard InChI is InChI=1S/C13H23NO5/c1-6-9(2)13(14-10(3)15,19-11(4)16)8-7-12(17)18-5/h9H,6-8H2,1-5H3,(H,14,15)/t9-,13-/m1/s1. The average Bonchev–Trinajstić information content (AvgIpc) is 2.32. The Hall–Kier alpha value is -1.59. The Balaban J connectivity index is 5.15. The van der Waals surface area contributed by atoms with Crippen LogP contribution in [0.5, 0.6) is 0 Å². The van der Waals surface area contributed by atoms with Crippen LogP contribution < -0.4 is 5.32 Å². The molecular formula is C13H23NO5. The number of methoxy groups -OCH3 is 1. The molecule has 0 rings (SSSR count). The number of nitrogens with one attached hydrogen (secondary N) is 1. The summed E-state index contributed by atoms with van der Waals surface area (Å²) in [6, 6.07) is 0. The summed E-state index contributed by atoms with van der Waals surface area (Å²) in [5.74, 6) is -1.35. The minimum absolute atomic E-state index is 0.0639. The first kappa shape index (κ1) is 17.4. The fourth-order valence-electron chi connectivity index (χ4n) is 1.88. The lowest BCUT2D eigenvalue weighted by molar-refractivity contribution is -0.174.